The highest BCUT2D eigenvalue weighted by Gasteiger charge is 2.17. The van der Waals surface area contributed by atoms with E-state index in [4.69, 9.17) is 4.74 Å². The van der Waals surface area contributed by atoms with Gasteiger partial charge in [0, 0.05) is 21.3 Å². The average Bonchev–Trinajstić information content (AvgIpc) is 3.31. The summed E-state index contributed by atoms with van der Waals surface area (Å²) in [6, 6.07) is 25.2. The molecule has 0 bridgehead atoms. The first-order valence-electron chi connectivity index (χ1n) is 10.4. The molecule has 1 heterocycles. The number of rotatable bonds is 8. The van der Waals surface area contributed by atoms with Gasteiger partial charge in [0.25, 0.3) is 5.91 Å². The molecule has 0 saturated carbocycles. The van der Waals surface area contributed by atoms with E-state index in [1.165, 1.54) is 11.8 Å². The quantitative estimate of drug-likeness (QED) is 0.187. The molecular formula is C25H22BrN5O2S. The molecule has 0 saturated heterocycles. The molecule has 9 heteroatoms. The Bertz CT molecular complexity index is 1310. The maximum Gasteiger partial charge on any atom is 0.250 e. The van der Waals surface area contributed by atoms with Crippen molar-refractivity contribution in [2.45, 2.75) is 12.1 Å². The maximum absolute atomic E-state index is 12.5. The van der Waals surface area contributed by atoms with Crippen molar-refractivity contribution in [1.82, 2.24) is 20.2 Å². The SMILES string of the molecule is COc1cccc(/C(C)=N\NC(=O)CSc2nnc(-c3ccc(Br)cc3)n2-c2ccccc2)c1. The maximum atomic E-state index is 12.5. The molecule has 172 valence electrons. The van der Waals surface area contributed by atoms with E-state index >= 15 is 0 Å². The van der Waals surface area contributed by atoms with Gasteiger partial charge in [0.2, 0.25) is 0 Å². The standard InChI is InChI=1S/C25H22BrN5O2S/c1-17(19-7-6-10-22(15-19)33-2)27-28-23(32)16-34-25-30-29-24(18-11-13-20(26)14-12-18)31(25)21-8-4-3-5-9-21/h3-15H,16H2,1-2H3,(H,28,32)/b27-17-. The number of amides is 1. The highest BCUT2D eigenvalue weighted by molar-refractivity contribution is 9.10. The minimum absolute atomic E-state index is 0.139. The molecule has 0 aliphatic rings. The number of carbonyl (C=O) groups excluding carboxylic acids is 1. The molecule has 0 aliphatic heterocycles. The molecule has 7 nitrogen and oxygen atoms in total. The van der Waals surface area contributed by atoms with Gasteiger partial charge in [-0.2, -0.15) is 5.10 Å². The molecule has 1 amide bonds. The van der Waals surface area contributed by atoms with E-state index in [2.05, 4.69) is 36.7 Å². The Morgan fingerprint density at radius 1 is 1.06 bits per heavy atom. The van der Waals surface area contributed by atoms with E-state index in [1.807, 2.05) is 90.4 Å². The number of benzene rings is 3. The first-order valence-corrected chi connectivity index (χ1v) is 12.2. The minimum Gasteiger partial charge on any atom is -0.497 e. The Kier molecular flexibility index (Phi) is 7.76. The molecule has 0 atom stereocenters. The van der Waals surface area contributed by atoms with Gasteiger partial charge in [0.05, 0.1) is 18.6 Å². The number of ether oxygens (including phenoxy) is 1. The average molecular weight is 536 g/mol. The van der Waals surface area contributed by atoms with Crippen LogP contribution in [-0.4, -0.2) is 39.2 Å². The third kappa shape index (κ3) is 5.73. The van der Waals surface area contributed by atoms with Gasteiger partial charge in [0.15, 0.2) is 11.0 Å². The third-order valence-corrected chi connectivity index (χ3v) is 6.38. The van der Waals surface area contributed by atoms with Gasteiger partial charge >= 0.3 is 0 Å². The zero-order valence-corrected chi connectivity index (χ0v) is 21.0. The number of nitrogens with one attached hydrogen (secondary N) is 1. The number of hydrazone groups is 1. The first kappa shape index (κ1) is 23.7. The Morgan fingerprint density at radius 2 is 1.82 bits per heavy atom. The number of thioether (sulfide) groups is 1. The van der Waals surface area contributed by atoms with E-state index in [-0.39, 0.29) is 11.7 Å². The van der Waals surface area contributed by atoms with Crippen LogP contribution < -0.4 is 10.2 Å². The monoisotopic (exact) mass is 535 g/mol. The van der Waals surface area contributed by atoms with Crippen LogP contribution in [0, 0.1) is 0 Å². The lowest BCUT2D eigenvalue weighted by molar-refractivity contribution is -0.118. The number of methoxy groups -OCH3 is 1. The summed E-state index contributed by atoms with van der Waals surface area (Å²) in [6.07, 6.45) is 0. The second-order valence-electron chi connectivity index (χ2n) is 7.24. The van der Waals surface area contributed by atoms with Crippen LogP contribution in [0.2, 0.25) is 0 Å². The molecule has 1 aromatic heterocycles. The molecule has 4 rings (SSSR count). The summed E-state index contributed by atoms with van der Waals surface area (Å²) in [5.74, 6) is 1.34. The fourth-order valence-electron chi connectivity index (χ4n) is 3.18. The Hall–Kier alpha value is -3.43. The van der Waals surface area contributed by atoms with Gasteiger partial charge in [-0.15, -0.1) is 10.2 Å². The van der Waals surface area contributed by atoms with Crippen LogP contribution in [0.15, 0.2) is 93.6 Å². The lowest BCUT2D eigenvalue weighted by atomic mass is 10.1. The van der Waals surface area contributed by atoms with Gasteiger partial charge in [-0.3, -0.25) is 9.36 Å². The first-order chi connectivity index (χ1) is 16.5. The van der Waals surface area contributed by atoms with E-state index in [0.717, 1.165) is 27.0 Å². The van der Waals surface area contributed by atoms with Crippen molar-refractivity contribution in [2.24, 2.45) is 5.10 Å². The van der Waals surface area contributed by atoms with Crippen molar-refractivity contribution < 1.29 is 9.53 Å². The number of hydrogen-bond donors (Lipinski definition) is 1. The summed E-state index contributed by atoms with van der Waals surface area (Å²) >= 11 is 4.77. The second-order valence-corrected chi connectivity index (χ2v) is 9.10. The van der Waals surface area contributed by atoms with E-state index < -0.39 is 0 Å². The van der Waals surface area contributed by atoms with Gasteiger partial charge in [-0.1, -0.05) is 70.2 Å². The Morgan fingerprint density at radius 3 is 2.56 bits per heavy atom. The zero-order valence-electron chi connectivity index (χ0n) is 18.6. The largest absolute Gasteiger partial charge is 0.497 e. The van der Waals surface area contributed by atoms with Gasteiger partial charge in [-0.25, -0.2) is 5.43 Å². The molecule has 1 N–H and O–H groups in total. The number of nitrogens with zero attached hydrogens (tertiary/aromatic N) is 4. The molecular weight excluding hydrogens is 514 g/mol. The van der Waals surface area contributed by atoms with Crippen LogP contribution in [0.5, 0.6) is 5.75 Å². The lowest BCUT2D eigenvalue weighted by Crippen LogP contribution is -2.21. The van der Waals surface area contributed by atoms with E-state index in [1.54, 1.807) is 7.11 Å². The fourth-order valence-corrected chi connectivity index (χ4v) is 4.19. The summed E-state index contributed by atoms with van der Waals surface area (Å²) in [4.78, 5) is 12.5. The van der Waals surface area contributed by atoms with E-state index in [0.29, 0.717) is 16.7 Å². The van der Waals surface area contributed by atoms with Crippen LogP contribution in [0.4, 0.5) is 0 Å². The van der Waals surface area contributed by atoms with Crippen molar-refractivity contribution in [3.8, 4) is 22.8 Å². The van der Waals surface area contributed by atoms with E-state index in [9.17, 15) is 4.79 Å². The summed E-state index contributed by atoms with van der Waals surface area (Å²) < 4.78 is 8.18. The molecule has 3 aromatic carbocycles. The van der Waals surface area contributed by atoms with Crippen LogP contribution in [0.3, 0.4) is 0 Å². The summed E-state index contributed by atoms with van der Waals surface area (Å²) in [7, 11) is 1.61. The number of carbonyl (C=O) groups is 1. The van der Waals surface area contributed by atoms with Crippen molar-refractivity contribution in [3.05, 3.63) is 88.9 Å². The van der Waals surface area contributed by atoms with Crippen LogP contribution in [0.1, 0.15) is 12.5 Å². The molecule has 34 heavy (non-hydrogen) atoms. The second kappa shape index (κ2) is 11.1. The summed E-state index contributed by atoms with van der Waals surface area (Å²) in [6.45, 7) is 1.83. The predicted octanol–water partition coefficient (Wildman–Crippen LogP) is 5.34. The van der Waals surface area contributed by atoms with Crippen molar-refractivity contribution in [3.63, 3.8) is 0 Å². The fraction of sp³-hybridized carbons (Fsp3) is 0.120. The van der Waals surface area contributed by atoms with Gasteiger partial charge in [-0.05, 0) is 43.3 Å². The van der Waals surface area contributed by atoms with Crippen molar-refractivity contribution in [2.75, 3.05) is 12.9 Å². The molecule has 4 aromatic rings. The molecule has 0 fully saturated rings. The third-order valence-electron chi connectivity index (χ3n) is 4.92. The van der Waals surface area contributed by atoms with Crippen molar-refractivity contribution in [1.29, 1.82) is 0 Å². The van der Waals surface area contributed by atoms with Crippen molar-refractivity contribution >= 4 is 39.3 Å². The smallest absolute Gasteiger partial charge is 0.250 e. The Labute approximate surface area is 210 Å². The molecule has 0 spiro atoms. The van der Waals surface area contributed by atoms with Crippen LogP contribution in [0.25, 0.3) is 17.1 Å². The zero-order chi connectivity index (χ0) is 23.9. The molecule has 0 aliphatic carbocycles. The highest BCUT2D eigenvalue weighted by Crippen LogP contribution is 2.28. The van der Waals surface area contributed by atoms with Gasteiger partial charge < -0.3 is 4.74 Å². The number of aromatic nitrogens is 3. The van der Waals surface area contributed by atoms with Crippen LogP contribution >= 0.6 is 27.7 Å². The Balaban J connectivity index is 1.50. The summed E-state index contributed by atoms with van der Waals surface area (Å²) in [5.41, 5.74) is 6.01. The lowest BCUT2D eigenvalue weighted by Gasteiger charge is -2.10. The number of halogens is 1. The van der Waals surface area contributed by atoms with Crippen LogP contribution in [-0.2, 0) is 4.79 Å². The molecule has 0 radical (unpaired) electrons. The molecule has 0 unspecified atom stereocenters. The number of para-hydroxylation sites is 1. The predicted molar refractivity (Wildman–Crippen MR) is 139 cm³/mol. The van der Waals surface area contributed by atoms with Gasteiger partial charge in [0.1, 0.15) is 5.75 Å². The minimum atomic E-state index is -0.236. The number of hydrogen-bond acceptors (Lipinski definition) is 6. The highest BCUT2D eigenvalue weighted by atomic mass is 79.9. The summed E-state index contributed by atoms with van der Waals surface area (Å²) in [5, 5.41) is 13.6. The topological polar surface area (TPSA) is 81.4 Å². The normalized spacial score (nSPS) is 11.3.